The number of hydrogen-bond donors (Lipinski definition) is 1. The summed E-state index contributed by atoms with van der Waals surface area (Å²) in [6.45, 7) is 3.89. The maximum atomic E-state index is 11.8. The number of rotatable bonds is 6. The predicted molar refractivity (Wildman–Crippen MR) is 60.8 cm³/mol. The quantitative estimate of drug-likeness (QED) is 0.735. The first-order valence-corrected chi connectivity index (χ1v) is 6.32. The van der Waals surface area contributed by atoms with Crippen LogP contribution in [0.5, 0.6) is 0 Å². The van der Waals surface area contributed by atoms with Gasteiger partial charge in [-0.1, -0.05) is 20.3 Å². The number of alkyl halides is 3. The zero-order valence-corrected chi connectivity index (χ0v) is 10.5. The van der Waals surface area contributed by atoms with Gasteiger partial charge in [0.25, 0.3) is 0 Å². The van der Waals surface area contributed by atoms with E-state index >= 15 is 0 Å². The molecule has 0 bridgehead atoms. The van der Waals surface area contributed by atoms with Gasteiger partial charge in [-0.3, -0.25) is 0 Å². The summed E-state index contributed by atoms with van der Waals surface area (Å²) in [5.41, 5.74) is 0. The van der Waals surface area contributed by atoms with Gasteiger partial charge in [0, 0.05) is 12.6 Å². The Morgan fingerprint density at radius 2 is 2.00 bits per heavy atom. The third-order valence-corrected chi connectivity index (χ3v) is 3.67. The lowest BCUT2D eigenvalue weighted by molar-refractivity contribution is -0.173. The Hall–Kier alpha value is -0.290. The number of hydrogen-bond acceptors (Lipinski definition) is 2. The molecule has 1 saturated carbocycles. The van der Waals surface area contributed by atoms with E-state index in [4.69, 9.17) is 0 Å². The van der Waals surface area contributed by atoms with E-state index < -0.39 is 12.8 Å². The van der Waals surface area contributed by atoms with E-state index in [1.54, 1.807) is 0 Å². The van der Waals surface area contributed by atoms with Crippen LogP contribution in [0.4, 0.5) is 13.2 Å². The monoisotopic (exact) mass is 253 g/mol. The zero-order valence-electron chi connectivity index (χ0n) is 10.5. The van der Waals surface area contributed by atoms with Gasteiger partial charge in [-0.25, -0.2) is 0 Å². The Bertz CT molecular complexity index is 220. The topological polar surface area (TPSA) is 21.3 Å². The smallest absolute Gasteiger partial charge is 0.371 e. The second-order valence-electron chi connectivity index (χ2n) is 4.83. The Kier molecular flexibility index (Phi) is 5.73. The maximum absolute atomic E-state index is 11.8. The molecule has 1 N–H and O–H groups in total. The molecule has 3 unspecified atom stereocenters. The normalized spacial score (nSPS) is 29.8. The highest BCUT2D eigenvalue weighted by Crippen LogP contribution is 2.33. The molecule has 3 atom stereocenters. The number of ether oxygens (including phenoxy) is 1. The molecule has 0 amide bonds. The van der Waals surface area contributed by atoms with Crippen LogP contribution in [0.15, 0.2) is 0 Å². The van der Waals surface area contributed by atoms with Crippen molar-refractivity contribution in [3.8, 4) is 0 Å². The second-order valence-corrected chi connectivity index (χ2v) is 4.83. The third kappa shape index (κ3) is 5.25. The van der Waals surface area contributed by atoms with Crippen molar-refractivity contribution < 1.29 is 17.9 Å². The summed E-state index contributed by atoms with van der Waals surface area (Å²) < 4.78 is 40.0. The first-order valence-electron chi connectivity index (χ1n) is 6.32. The summed E-state index contributed by atoms with van der Waals surface area (Å²) in [4.78, 5) is 0. The minimum atomic E-state index is -4.21. The molecule has 0 aliphatic heterocycles. The standard InChI is InChI=1S/C12H22F3NO/c1-3-10-4-5-11(9(10)2)16-6-7-17-8-12(13,14)15/h9-11,16H,3-8H2,1-2H3. The largest absolute Gasteiger partial charge is 0.411 e. The van der Waals surface area contributed by atoms with E-state index in [-0.39, 0.29) is 6.61 Å². The molecule has 0 aromatic heterocycles. The van der Waals surface area contributed by atoms with Crippen LogP contribution in [-0.2, 0) is 4.74 Å². The van der Waals surface area contributed by atoms with E-state index in [1.165, 1.54) is 12.8 Å². The lowest BCUT2D eigenvalue weighted by Crippen LogP contribution is -2.35. The van der Waals surface area contributed by atoms with Gasteiger partial charge in [0.2, 0.25) is 0 Å². The number of nitrogens with one attached hydrogen (secondary N) is 1. The van der Waals surface area contributed by atoms with Crippen molar-refractivity contribution in [1.29, 1.82) is 0 Å². The first kappa shape index (κ1) is 14.8. The SMILES string of the molecule is CCC1CCC(NCCOCC(F)(F)F)C1C. The molecule has 0 aromatic rings. The van der Waals surface area contributed by atoms with Crippen molar-refractivity contribution in [2.75, 3.05) is 19.8 Å². The molecule has 1 fully saturated rings. The van der Waals surface area contributed by atoms with E-state index in [0.717, 1.165) is 12.3 Å². The summed E-state index contributed by atoms with van der Waals surface area (Å²) in [6, 6.07) is 0.439. The van der Waals surface area contributed by atoms with Crippen LogP contribution in [-0.4, -0.2) is 32.0 Å². The Labute approximate surface area is 101 Å². The Morgan fingerprint density at radius 1 is 1.29 bits per heavy atom. The van der Waals surface area contributed by atoms with Crippen molar-refractivity contribution in [2.45, 2.75) is 45.3 Å². The van der Waals surface area contributed by atoms with Crippen molar-refractivity contribution >= 4 is 0 Å². The van der Waals surface area contributed by atoms with E-state index in [0.29, 0.717) is 18.5 Å². The molecule has 1 aliphatic rings. The Morgan fingerprint density at radius 3 is 2.53 bits per heavy atom. The average molecular weight is 253 g/mol. The van der Waals surface area contributed by atoms with Crippen molar-refractivity contribution in [3.05, 3.63) is 0 Å². The van der Waals surface area contributed by atoms with Crippen LogP contribution < -0.4 is 5.32 Å². The molecule has 17 heavy (non-hydrogen) atoms. The highest BCUT2D eigenvalue weighted by molar-refractivity contribution is 4.86. The molecule has 2 nitrogen and oxygen atoms in total. The summed E-state index contributed by atoms with van der Waals surface area (Å²) in [5, 5.41) is 3.29. The molecule has 1 rings (SSSR count). The summed E-state index contributed by atoms with van der Waals surface area (Å²) in [5.74, 6) is 1.37. The fourth-order valence-electron chi connectivity index (χ4n) is 2.62. The summed E-state index contributed by atoms with van der Waals surface area (Å²) in [7, 11) is 0. The minimum absolute atomic E-state index is 0.125. The van der Waals surface area contributed by atoms with Gasteiger partial charge in [0.1, 0.15) is 6.61 Å². The lowest BCUT2D eigenvalue weighted by Gasteiger charge is -2.21. The average Bonchev–Trinajstić information content (AvgIpc) is 2.58. The molecular weight excluding hydrogens is 231 g/mol. The van der Waals surface area contributed by atoms with Gasteiger partial charge in [-0.2, -0.15) is 13.2 Å². The lowest BCUT2D eigenvalue weighted by atomic mass is 9.93. The fraction of sp³-hybridized carbons (Fsp3) is 1.00. The summed E-state index contributed by atoms with van der Waals surface area (Å²) >= 11 is 0. The van der Waals surface area contributed by atoms with Crippen LogP contribution in [0.25, 0.3) is 0 Å². The molecule has 0 heterocycles. The molecule has 5 heteroatoms. The van der Waals surface area contributed by atoms with Gasteiger partial charge >= 0.3 is 6.18 Å². The first-order chi connectivity index (χ1) is 7.94. The highest BCUT2D eigenvalue weighted by atomic mass is 19.4. The third-order valence-electron chi connectivity index (χ3n) is 3.67. The van der Waals surface area contributed by atoms with Gasteiger partial charge in [0.05, 0.1) is 6.61 Å². The van der Waals surface area contributed by atoms with Crippen LogP contribution in [0, 0.1) is 11.8 Å². The molecule has 1 aliphatic carbocycles. The van der Waals surface area contributed by atoms with Crippen LogP contribution in [0.2, 0.25) is 0 Å². The van der Waals surface area contributed by atoms with E-state index in [9.17, 15) is 13.2 Å². The van der Waals surface area contributed by atoms with Crippen LogP contribution >= 0.6 is 0 Å². The highest BCUT2D eigenvalue weighted by Gasteiger charge is 2.31. The van der Waals surface area contributed by atoms with Gasteiger partial charge in [0.15, 0.2) is 0 Å². The molecule has 0 aromatic carbocycles. The molecule has 0 spiro atoms. The fourth-order valence-corrected chi connectivity index (χ4v) is 2.62. The molecule has 0 radical (unpaired) electrons. The van der Waals surface area contributed by atoms with Crippen molar-refractivity contribution in [1.82, 2.24) is 5.32 Å². The predicted octanol–water partition coefficient (Wildman–Crippen LogP) is 2.98. The van der Waals surface area contributed by atoms with Crippen molar-refractivity contribution in [3.63, 3.8) is 0 Å². The maximum Gasteiger partial charge on any atom is 0.411 e. The summed E-state index contributed by atoms with van der Waals surface area (Å²) in [6.07, 6.45) is -0.685. The molecule has 102 valence electrons. The van der Waals surface area contributed by atoms with Crippen molar-refractivity contribution in [2.24, 2.45) is 11.8 Å². The molecular formula is C12H22F3NO. The Balaban J connectivity index is 2.08. The number of halogens is 3. The van der Waals surface area contributed by atoms with Crippen LogP contribution in [0.1, 0.15) is 33.1 Å². The zero-order chi connectivity index (χ0) is 12.9. The second kappa shape index (κ2) is 6.59. The van der Waals surface area contributed by atoms with Gasteiger partial charge in [-0.15, -0.1) is 0 Å². The van der Waals surface area contributed by atoms with E-state index in [1.807, 2.05) is 0 Å². The molecule has 0 saturated heterocycles. The minimum Gasteiger partial charge on any atom is -0.371 e. The van der Waals surface area contributed by atoms with E-state index in [2.05, 4.69) is 23.9 Å². The van der Waals surface area contributed by atoms with Gasteiger partial charge < -0.3 is 10.1 Å². The van der Waals surface area contributed by atoms with Gasteiger partial charge in [-0.05, 0) is 24.7 Å². The van der Waals surface area contributed by atoms with Crippen LogP contribution in [0.3, 0.4) is 0 Å².